The number of benzene rings is 2. The maximum absolute atomic E-state index is 12.3. The van der Waals surface area contributed by atoms with E-state index in [-0.39, 0.29) is 24.5 Å². The van der Waals surface area contributed by atoms with Crippen LogP contribution in [0.3, 0.4) is 0 Å². The molecule has 25 heavy (non-hydrogen) atoms. The van der Waals surface area contributed by atoms with Crippen LogP contribution < -0.4 is 5.32 Å². The largest absolute Gasteiger partial charge is 0.508 e. The Morgan fingerprint density at radius 3 is 2.52 bits per heavy atom. The zero-order valence-corrected chi connectivity index (χ0v) is 13.4. The van der Waals surface area contributed by atoms with Crippen LogP contribution in [0.15, 0.2) is 54.7 Å². The molecule has 0 bridgehead atoms. The molecule has 1 aromatic heterocycles. The van der Waals surface area contributed by atoms with Crippen molar-refractivity contribution in [3.05, 3.63) is 65.9 Å². The summed E-state index contributed by atoms with van der Waals surface area (Å²) in [6.45, 7) is 0. The zero-order valence-electron chi connectivity index (χ0n) is 13.4. The normalized spacial score (nSPS) is 12.0. The highest BCUT2D eigenvalue weighted by Crippen LogP contribution is 2.18. The molecule has 0 aliphatic rings. The number of para-hydroxylation sites is 1. The summed E-state index contributed by atoms with van der Waals surface area (Å²) < 4.78 is 0. The van der Waals surface area contributed by atoms with Crippen molar-refractivity contribution >= 4 is 22.8 Å². The Morgan fingerprint density at radius 2 is 1.80 bits per heavy atom. The van der Waals surface area contributed by atoms with E-state index in [0.717, 1.165) is 22.0 Å². The minimum atomic E-state index is -1.10. The summed E-state index contributed by atoms with van der Waals surface area (Å²) in [6, 6.07) is 12.9. The first-order valence-corrected chi connectivity index (χ1v) is 7.88. The molecule has 0 unspecified atom stereocenters. The number of aromatic hydroxyl groups is 1. The van der Waals surface area contributed by atoms with Gasteiger partial charge in [0.1, 0.15) is 11.8 Å². The van der Waals surface area contributed by atoms with Crippen molar-refractivity contribution in [3.8, 4) is 5.75 Å². The van der Waals surface area contributed by atoms with E-state index >= 15 is 0 Å². The molecule has 1 heterocycles. The monoisotopic (exact) mass is 338 g/mol. The summed E-state index contributed by atoms with van der Waals surface area (Å²) in [4.78, 5) is 26.8. The second-order valence-electron chi connectivity index (χ2n) is 5.87. The van der Waals surface area contributed by atoms with Gasteiger partial charge in [-0.25, -0.2) is 4.79 Å². The fraction of sp³-hybridized carbons (Fsp3) is 0.158. The van der Waals surface area contributed by atoms with Crippen molar-refractivity contribution in [2.75, 3.05) is 0 Å². The molecular weight excluding hydrogens is 320 g/mol. The molecule has 3 aromatic rings. The number of aromatic nitrogens is 1. The van der Waals surface area contributed by atoms with Gasteiger partial charge in [-0.05, 0) is 29.3 Å². The number of hydrogen-bond acceptors (Lipinski definition) is 3. The lowest BCUT2D eigenvalue weighted by Gasteiger charge is -2.14. The molecule has 128 valence electrons. The molecule has 0 aliphatic heterocycles. The van der Waals surface area contributed by atoms with Gasteiger partial charge in [-0.1, -0.05) is 30.3 Å². The Morgan fingerprint density at radius 1 is 1.08 bits per heavy atom. The number of phenolic OH excluding ortho intramolecular Hbond substituents is 1. The summed E-state index contributed by atoms with van der Waals surface area (Å²) >= 11 is 0. The number of fused-ring (bicyclic) bond motifs is 1. The van der Waals surface area contributed by atoms with Gasteiger partial charge in [-0.3, -0.25) is 4.79 Å². The van der Waals surface area contributed by atoms with E-state index in [2.05, 4.69) is 10.3 Å². The Balaban J connectivity index is 1.68. The van der Waals surface area contributed by atoms with Crippen molar-refractivity contribution < 1.29 is 19.8 Å². The highest BCUT2D eigenvalue weighted by Gasteiger charge is 2.21. The quantitative estimate of drug-likeness (QED) is 0.553. The van der Waals surface area contributed by atoms with Crippen molar-refractivity contribution in [1.29, 1.82) is 0 Å². The maximum atomic E-state index is 12.3. The van der Waals surface area contributed by atoms with E-state index in [4.69, 9.17) is 0 Å². The van der Waals surface area contributed by atoms with Gasteiger partial charge in [-0.15, -0.1) is 0 Å². The van der Waals surface area contributed by atoms with Gasteiger partial charge in [0.05, 0.1) is 6.42 Å². The molecular formula is C19H18N2O4. The maximum Gasteiger partial charge on any atom is 0.326 e. The number of rotatable bonds is 6. The van der Waals surface area contributed by atoms with Gasteiger partial charge >= 0.3 is 5.97 Å². The first-order valence-electron chi connectivity index (χ1n) is 7.88. The number of amides is 1. The first kappa shape index (κ1) is 16.6. The van der Waals surface area contributed by atoms with Crippen LogP contribution in [-0.4, -0.2) is 33.1 Å². The second kappa shape index (κ2) is 7.09. The van der Waals surface area contributed by atoms with Crippen LogP contribution in [0.5, 0.6) is 5.75 Å². The molecule has 1 atom stereocenters. The van der Waals surface area contributed by atoms with Gasteiger partial charge in [0.2, 0.25) is 5.91 Å². The summed E-state index contributed by atoms with van der Waals surface area (Å²) in [7, 11) is 0. The molecule has 1 amide bonds. The average Bonchev–Trinajstić information content (AvgIpc) is 2.99. The van der Waals surface area contributed by atoms with Gasteiger partial charge in [0.25, 0.3) is 0 Å². The number of H-pyrrole nitrogens is 1. The molecule has 0 saturated carbocycles. The van der Waals surface area contributed by atoms with Crippen LogP contribution >= 0.6 is 0 Å². The number of nitrogens with one attached hydrogen (secondary N) is 2. The van der Waals surface area contributed by atoms with E-state index in [9.17, 15) is 19.8 Å². The van der Waals surface area contributed by atoms with E-state index in [0.29, 0.717) is 0 Å². The number of carboxylic acids is 1. The van der Waals surface area contributed by atoms with Crippen molar-refractivity contribution in [1.82, 2.24) is 10.3 Å². The molecule has 6 nitrogen and oxygen atoms in total. The van der Waals surface area contributed by atoms with Crippen LogP contribution in [0.2, 0.25) is 0 Å². The smallest absolute Gasteiger partial charge is 0.326 e. The number of aliphatic carboxylic acids is 1. The third-order valence-corrected chi connectivity index (χ3v) is 4.04. The van der Waals surface area contributed by atoms with Crippen LogP contribution in [0.25, 0.3) is 10.9 Å². The third kappa shape index (κ3) is 3.98. The number of carbonyl (C=O) groups is 2. The van der Waals surface area contributed by atoms with Crippen LogP contribution in [0.1, 0.15) is 11.1 Å². The molecule has 6 heteroatoms. The topological polar surface area (TPSA) is 102 Å². The van der Waals surface area contributed by atoms with Crippen molar-refractivity contribution in [3.63, 3.8) is 0 Å². The Hall–Kier alpha value is -3.28. The molecule has 0 saturated heterocycles. The fourth-order valence-corrected chi connectivity index (χ4v) is 2.76. The van der Waals surface area contributed by atoms with E-state index in [1.807, 2.05) is 24.3 Å². The number of carbonyl (C=O) groups excluding carboxylic acids is 1. The minimum Gasteiger partial charge on any atom is -0.508 e. The molecule has 0 aliphatic carbocycles. The van der Waals surface area contributed by atoms with Gasteiger partial charge in [0.15, 0.2) is 0 Å². The third-order valence-electron chi connectivity index (χ3n) is 4.04. The number of aromatic amines is 1. The summed E-state index contributed by atoms with van der Waals surface area (Å²) in [5.74, 6) is -1.34. The fourth-order valence-electron chi connectivity index (χ4n) is 2.76. The lowest BCUT2D eigenvalue weighted by Crippen LogP contribution is -2.43. The first-order chi connectivity index (χ1) is 12.0. The van der Waals surface area contributed by atoms with Crippen molar-refractivity contribution in [2.24, 2.45) is 0 Å². The van der Waals surface area contributed by atoms with Gasteiger partial charge in [-0.2, -0.15) is 0 Å². The Bertz CT molecular complexity index is 899. The minimum absolute atomic E-state index is 0.101. The lowest BCUT2D eigenvalue weighted by atomic mass is 10.0. The molecule has 4 N–H and O–H groups in total. The summed E-state index contributed by atoms with van der Waals surface area (Å²) in [5.41, 5.74) is 2.48. The van der Waals surface area contributed by atoms with Crippen LogP contribution in [0, 0.1) is 0 Å². The highest BCUT2D eigenvalue weighted by molar-refractivity contribution is 5.90. The number of carboxylic acid groups (broad SMARTS) is 1. The predicted molar refractivity (Wildman–Crippen MR) is 93.4 cm³/mol. The molecule has 0 spiro atoms. The molecule has 2 aromatic carbocycles. The van der Waals surface area contributed by atoms with E-state index < -0.39 is 12.0 Å². The van der Waals surface area contributed by atoms with Gasteiger partial charge < -0.3 is 20.5 Å². The highest BCUT2D eigenvalue weighted by atomic mass is 16.4. The van der Waals surface area contributed by atoms with Crippen molar-refractivity contribution in [2.45, 2.75) is 18.9 Å². The molecule has 3 rings (SSSR count). The summed E-state index contributed by atoms with van der Waals surface area (Å²) in [6.07, 6.45) is 2.01. The van der Waals surface area contributed by atoms with Gasteiger partial charge in [0, 0.05) is 23.5 Å². The molecule has 0 fully saturated rings. The van der Waals surface area contributed by atoms with E-state index in [1.54, 1.807) is 18.3 Å². The van der Waals surface area contributed by atoms with E-state index in [1.165, 1.54) is 12.1 Å². The van der Waals surface area contributed by atoms with Crippen LogP contribution in [0.4, 0.5) is 0 Å². The molecule has 0 radical (unpaired) electrons. The number of phenols is 1. The predicted octanol–water partition coefficient (Wildman–Crippen LogP) is 2.23. The Labute approximate surface area is 144 Å². The lowest BCUT2D eigenvalue weighted by molar-refractivity contribution is -0.141. The Kier molecular flexibility index (Phi) is 4.70. The average molecular weight is 338 g/mol. The van der Waals surface area contributed by atoms with Crippen LogP contribution in [-0.2, 0) is 22.4 Å². The second-order valence-corrected chi connectivity index (χ2v) is 5.87. The zero-order chi connectivity index (χ0) is 17.8. The summed E-state index contributed by atoms with van der Waals surface area (Å²) in [5, 5.41) is 22.2. The number of hydrogen-bond donors (Lipinski definition) is 4. The standard InChI is InChI=1S/C19H18N2O4/c22-14-7-5-12(6-8-14)9-17(19(24)25)21-18(23)10-13-11-20-16-4-2-1-3-15(13)16/h1-8,11,17,20,22H,9-10H2,(H,21,23)(H,24,25)/t17-/m0/s1. The SMILES string of the molecule is O=C(Cc1c[nH]c2ccccc12)N[C@@H](Cc1ccc(O)cc1)C(=O)O.